The quantitative estimate of drug-likeness (QED) is 0.855. The van der Waals surface area contributed by atoms with E-state index >= 15 is 0 Å². The zero-order valence-corrected chi connectivity index (χ0v) is 11.3. The third-order valence-electron chi connectivity index (χ3n) is 2.86. The van der Waals surface area contributed by atoms with Crippen LogP contribution >= 0.6 is 15.9 Å². The van der Waals surface area contributed by atoms with Crippen LogP contribution < -0.4 is 4.74 Å². The minimum absolute atomic E-state index is 0.260. The minimum Gasteiger partial charge on any atom is -0.492 e. The molecule has 0 unspecified atom stereocenters. The minimum atomic E-state index is 0.260. The van der Waals surface area contributed by atoms with E-state index in [0.717, 1.165) is 29.6 Å². The molecule has 1 fully saturated rings. The summed E-state index contributed by atoms with van der Waals surface area (Å²) in [6.45, 7) is 2.13. The van der Waals surface area contributed by atoms with Crippen LogP contribution in [0.1, 0.15) is 19.3 Å². The van der Waals surface area contributed by atoms with Gasteiger partial charge in [0.25, 0.3) is 0 Å². The van der Waals surface area contributed by atoms with Crippen LogP contribution in [0.4, 0.5) is 0 Å². The van der Waals surface area contributed by atoms with Crippen LogP contribution in [0.2, 0.25) is 0 Å². The van der Waals surface area contributed by atoms with Gasteiger partial charge in [0.1, 0.15) is 12.4 Å². The molecule has 0 N–H and O–H groups in total. The summed E-state index contributed by atoms with van der Waals surface area (Å²) in [5.74, 6) is 1.10. The second-order valence-corrected chi connectivity index (χ2v) is 5.06. The lowest BCUT2D eigenvalue weighted by Gasteiger charge is -2.26. The smallest absolute Gasteiger partial charge is 0.222 e. The summed E-state index contributed by atoms with van der Waals surface area (Å²) in [5.41, 5.74) is 0. The second kappa shape index (κ2) is 6.05. The molecule has 1 amide bonds. The molecule has 92 valence electrons. The van der Waals surface area contributed by atoms with Crippen LogP contribution in [-0.2, 0) is 4.79 Å². The molecule has 1 saturated heterocycles. The van der Waals surface area contributed by atoms with E-state index in [2.05, 4.69) is 15.9 Å². The van der Waals surface area contributed by atoms with Gasteiger partial charge in [-0.3, -0.25) is 4.79 Å². The number of rotatable bonds is 4. The standard InChI is InChI=1S/C13H16BrNO2/c14-11-4-6-12(7-5-11)17-10-9-15-8-2-1-3-13(15)16/h4-7H,1-3,8-10H2. The Morgan fingerprint density at radius 2 is 2.00 bits per heavy atom. The van der Waals surface area contributed by atoms with Gasteiger partial charge in [-0.1, -0.05) is 15.9 Å². The molecule has 2 rings (SSSR count). The summed E-state index contributed by atoms with van der Waals surface area (Å²) >= 11 is 3.38. The van der Waals surface area contributed by atoms with Gasteiger partial charge in [0.15, 0.2) is 0 Å². The molecule has 0 saturated carbocycles. The molecule has 1 heterocycles. The van der Waals surface area contributed by atoms with Crippen LogP contribution in [0.3, 0.4) is 0 Å². The van der Waals surface area contributed by atoms with Gasteiger partial charge in [-0.05, 0) is 37.1 Å². The van der Waals surface area contributed by atoms with Crippen molar-refractivity contribution >= 4 is 21.8 Å². The fourth-order valence-corrected chi connectivity index (χ4v) is 2.17. The summed E-state index contributed by atoms with van der Waals surface area (Å²) < 4.78 is 6.64. The maximum Gasteiger partial charge on any atom is 0.222 e. The number of carbonyl (C=O) groups is 1. The van der Waals surface area contributed by atoms with Crippen LogP contribution in [-0.4, -0.2) is 30.5 Å². The summed E-state index contributed by atoms with van der Waals surface area (Å²) in [4.78, 5) is 13.4. The molecule has 1 aliphatic heterocycles. The second-order valence-electron chi connectivity index (χ2n) is 4.14. The van der Waals surface area contributed by atoms with Gasteiger partial charge in [0, 0.05) is 17.4 Å². The summed E-state index contributed by atoms with van der Waals surface area (Å²) in [6, 6.07) is 7.73. The van der Waals surface area contributed by atoms with Gasteiger partial charge in [0.05, 0.1) is 6.54 Å². The van der Waals surface area contributed by atoms with Crippen LogP contribution in [0.15, 0.2) is 28.7 Å². The average molecular weight is 298 g/mol. The van der Waals surface area contributed by atoms with Gasteiger partial charge in [0.2, 0.25) is 5.91 Å². The van der Waals surface area contributed by atoms with Crippen LogP contribution in [0, 0.1) is 0 Å². The Morgan fingerprint density at radius 3 is 2.71 bits per heavy atom. The molecule has 0 bridgehead atoms. The Labute approximate surface area is 110 Å². The number of carbonyl (C=O) groups excluding carboxylic acids is 1. The van der Waals surface area contributed by atoms with Gasteiger partial charge >= 0.3 is 0 Å². The van der Waals surface area contributed by atoms with E-state index in [9.17, 15) is 4.79 Å². The molecule has 0 spiro atoms. The zero-order chi connectivity index (χ0) is 12.1. The number of amides is 1. The Balaban J connectivity index is 1.75. The maximum atomic E-state index is 11.5. The summed E-state index contributed by atoms with van der Waals surface area (Å²) in [5, 5.41) is 0. The van der Waals surface area contributed by atoms with Crippen LogP contribution in [0.5, 0.6) is 5.75 Å². The molecule has 1 aromatic carbocycles. The first-order chi connectivity index (χ1) is 8.25. The van der Waals surface area contributed by atoms with Crippen molar-refractivity contribution in [2.45, 2.75) is 19.3 Å². The third-order valence-corrected chi connectivity index (χ3v) is 3.39. The van der Waals surface area contributed by atoms with Crippen molar-refractivity contribution in [3.63, 3.8) is 0 Å². The van der Waals surface area contributed by atoms with Crippen molar-refractivity contribution in [1.82, 2.24) is 4.90 Å². The van der Waals surface area contributed by atoms with E-state index in [-0.39, 0.29) is 5.91 Å². The Hall–Kier alpha value is -1.03. The summed E-state index contributed by atoms with van der Waals surface area (Å²) in [7, 11) is 0. The molecule has 0 radical (unpaired) electrons. The van der Waals surface area contributed by atoms with E-state index in [1.807, 2.05) is 29.2 Å². The fraction of sp³-hybridized carbons (Fsp3) is 0.462. The predicted octanol–water partition coefficient (Wildman–Crippen LogP) is 2.84. The number of halogens is 1. The van der Waals surface area contributed by atoms with Crippen molar-refractivity contribution in [2.24, 2.45) is 0 Å². The molecule has 0 aliphatic carbocycles. The first-order valence-corrected chi connectivity index (χ1v) is 6.71. The first-order valence-electron chi connectivity index (χ1n) is 5.92. The van der Waals surface area contributed by atoms with Gasteiger partial charge < -0.3 is 9.64 Å². The number of piperidine rings is 1. The van der Waals surface area contributed by atoms with Crippen molar-refractivity contribution < 1.29 is 9.53 Å². The number of ether oxygens (including phenoxy) is 1. The lowest BCUT2D eigenvalue weighted by atomic mass is 10.1. The molecular weight excluding hydrogens is 282 g/mol. The lowest BCUT2D eigenvalue weighted by Crippen LogP contribution is -2.38. The molecule has 4 heteroatoms. The van der Waals surface area contributed by atoms with Gasteiger partial charge in [-0.25, -0.2) is 0 Å². The number of hydrogen-bond donors (Lipinski definition) is 0. The highest BCUT2D eigenvalue weighted by molar-refractivity contribution is 9.10. The first kappa shape index (κ1) is 12.4. The maximum absolute atomic E-state index is 11.5. The van der Waals surface area contributed by atoms with Gasteiger partial charge in [-0.2, -0.15) is 0 Å². The van der Waals surface area contributed by atoms with Crippen molar-refractivity contribution in [3.8, 4) is 5.75 Å². The largest absolute Gasteiger partial charge is 0.492 e. The monoisotopic (exact) mass is 297 g/mol. The number of likely N-dealkylation sites (tertiary alicyclic amines) is 1. The molecular formula is C13H16BrNO2. The molecule has 3 nitrogen and oxygen atoms in total. The van der Waals surface area contributed by atoms with Gasteiger partial charge in [-0.15, -0.1) is 0 Å². The topological polar surface area (TPSA) is 29.5 Å². The van der Waals surface area contributed by atoms with E-state index in [1.54, 1.807) is 0 Å². The Bertz CT molecular complexity index is 378. The van der Waals surface area contributed by atoms with Crippen molar-refractivity contribution in [2.75, 3.05) is 19.7 Å². The van der Waals surface area contributed by atoms with E-state index < -0.39 is 0 Å². The highest BCUT2D eigenvalue weighted by atomic mass is 79.9. The van der Waals surface area contributed by atoms with Crippen LogP contribution in [0.25, 0.3) is 0 Å². The Kier molecular flexibility index (Phi) is 4.42. The normalized spacial score (nSPS) is 16.1. The number of benzene rings is 1. The highest BCUT2D eigenvalue weighted by Crippen LogP contribution is 2.16. The van der Waals surface area contributed by atoms with Crippen molar-refractivity contribution in [1.29, 1.82) is 0 Å². The zero-order valence-electron chi connectivity index (χ0n) is 9.69. The predicted molar refractivity (Wildman–Crippen MR) is 70.1 cm³/mol. The van der Waals surface area contributed by atoms with E-state index in [4.69, 9.17) is 4.74 Å². The average Bonchev–Trinajstić information content (AvgIpc) is 2.34. The number of hydrogen-bond acceptors (Lipinski definition) is 2. The lowest BCUT2D eigenvalue weighted by molar-refractivity contribution is -0.133. The summed E-state index contributed by atoms with van der Waals surface area (Å²) in [6.07, 6.45) is 2.84. The van der Waals surface area contributed by atoms with E-state index in [0.29, 0.717) is 19.6 Å². The highest BCUT2D eigenvalue weighted by Gasteiger charge is 2.17. The van der Waals surface area contributed by atoms with Crippen molar-refractivity contribution in [3.05, 3.63) is 28.7 Å². The van der Waals surface area contributed by atoms with E-state index in [1.165, 1.54) is 0 Å². The SMILES string of the molecule is O=C1CCCCN1CCOc1ccc(Br)cc1. The fourth-order valence-electron chi connectivity index (χ4n) is 1.90. The number of nitrogens with zero attached hydrogens (tertiary/aromatic N) is 1. The molecule has 17 heavy (non-hydrogen) atoms. The molecule has 0 aromatic heterocycles. The Morgan fingerprint density at radius 1 is 1.24 bits per heavy atom. The molecule has 1 aromatic rings. The third kappa shape index (κ3) is 3.73. The molecule has 1 aliphatic rings. The molecule has 0 atom stereocenters.